The first-order chi connectivity index (χ1) is 4.93. The van der Waals surface area contributed by atoms with Gasteiger partial charge in [-0.15, -0.1) is 11.6 Å². The Morgan fingerprint density at radius 3 is 2.70 bits per heavy atom. The lowest BCUT2D eigenvalue weighted by atomic mass is 10.2. The van der Waals surface area contributed by atoms with Gasteiger partial charge >= 0.3 is 0 Å². The fraction of sp³-hybridized carbons (Fsp3) is 1.00. The highest BCUT2D eigenvalue weighted by Gasteiger charge is 2.12. The van der Waals surface area contributed by atoms with Crippen molar-refractivity contribution >= 4 is 23.4 Å². The summed E-state index contributed by atoms with van der Waals surface area (Å²) in [5.74, 6) is 1.87. The molecule has 0 spiro atoms. The van der Waals surface area contributed by atoms with E-state index in [0.29, 0.717) is 0 Å². The first-order valence-corrected chi connectivity index (χ1v) is 5.27. The molecule has 1 fully saturated rings. The number of alkyl halides is 1. The van der Waals surface area contributed by atoms with Crippen LogP contribution in [0.4, 0.5) is 0 Å². The van der Waals surface area contributed by atoms with Gasteiger partial charge in [-0.05, 0) is 12.8 Å². The van der Waals surface area contributed by atoms with Gasteiger partial charge in [-0.25, -0.2) is 0 Å². The monoisotopic (exact) mass is 180 g/mol. The van der Waals surface area contributed by atoms with Gasteiger partial charge < -0.3 is 4.74 Å². The van der Waals surface area contributed by atoms with Crippen molar-refractivity contribution in [2.24, 2.45) is 0 Å². The molecule has 0 aromatic heterocycles. The van der Waals surface area contributed by atoms with Crippen molar-refractivity contribution in [2.75, 3.05) is 24.8 Å². The van der Waals surface area contributed by atoms with Gasteiger partial charge in [-0.3, -0.25) is 0 Å². The van der Waals surface area contributed by atoms with Gasteiger partial charge in [0.05, 0.1) is 0 Å². The minimum absolute atomic E-state index is 0.780. The van der Waals surface area contributed by atoms with E-state index in [4.69, 9.17) is 16.3 Å². The predicted octanol–water partition coefficient (Wildman–Crippen LogP) is 2.14. The van der Waals surface area contributed by atoms with E-state index < -0.39 is 0 Å². The number of ether oxygens (including phenoxy) is 1. The maximum Gasteiger partial charge on any atom is 0.0476 e. The molecular formula is C7H13ClOS. The van der Waals surface area contributed by atoms with Crippen LogP contribution in [0.25, 0.3) is 0 Å². The molecule has 1 heterocycles. The molecule has 0 amide bonds. The third-order valence-corrected chi connectivity index (χ3v) is 3.39. The Morgan fingerprint density at radius 1 is 1.40 bits per heavy atom. The molecule has 3 heteroatoms. The molecule has 1 aliphatic heterocycles. The smallest absolute Gasteiger partial charge is 0.0476 e. The van der Waals surface area contributed by atoms with E-state index >= 15 is 0 Å². The molecule has 1 nitrogen and oxygen atoms in total. The van der Waals surface area contributed by atoms with E-state index in [0.717, 1.165) is 30.1 Å². The fourth-order valence-electron chi connectivity index (χ4n) is 1.05. The Balaban J connectivity index is 2.02. The van der Waals surface area contributed by atoms with Crippen molar-refractivity contribution in [3.8, 4) is 0 Å². The van der Waals surface area contributed by atoms with Crippen LogP contribution in [-0.2, 0) is 4.74 Å². The molecule has 1 aliphatic rings. The summed E-state index contributed by atoms with van der Waals surface area (Å²) < 4.78 is 5.23. The second kappa shape index (κ2) is 5.28. The molecule has 0 saturated carbocycles. The second-order valence-corrected chi connectivity index (χ2v) is 4.16. The van der Waals surface area contributed by atoms with Crippen molar-refractivity contribution in [3.05, 3.63) is 0 Å². The Bertz CT molecular complexity index is 83.7. The average Bonchev–Trinajstić information content (AvgIpc) is 2.03. The molecule has 0 bridgehead atoms. The SMILES string of the molecule is ClCCSC1CCOCC1. The maximum absolute atomic E-state index is 5.57. The summed E-state index contributed by atoms with van der Waals surface area (Å²) in [5, 5.41) is 0.812. The molecule has 1 saturated heterocycles. The normalized spacial score (nSPS) is 21.3. The van der Waals surface area contributed by atoms with Crippen LogP contribution >= 0.6 is 23.4 Å². The van der Waals surface area contributed by atoms with Crippen LogP contribution in [0.5, 0.6) is 0 Å². The zero-order valence-electron chi connectivity index (χ0n) is 6.01. The summed E-state index contributed by atoms with van der Waals surface area (Å²) in [4.78, 5) is 0. The fourth-order valence-corrected chi connectivity index (χ4v) is 2.27. The van der Waals surface area contributed by atoms with Crippen LogP contribution in [0.2, 0.25) is 0 Å². The first kappa shape index (κ1) is 8.69. The minimum atomic E-state index is 0.780. The van der Waals surface area contributed by atoms with E-state index in [1.807, 2.05) is 11.8 Å². The van der Waals surface area contributed by atoms with Gasteiger partial charge in [0.2, 0.25) is 0 Å². The number of halogens is 1. The molecule has 0 aliphatic carbocycles. The lowest BCUT2D eigenvalue weighted by Crippen LogP contribution is -2.17. The van der Waals surface area contributed by atoms with Gasteiger partial charge in [0.25, 0.3) is 0 Å². The van der Waals surface area contributed by atoms with Crippen molar-refractivity contribution in [3.63, 3.8) is 0 Å². The Kier molecular flexibility index (Phi) is 4.59. The third kappa shape index (κ3) is 3.13. The Morgan fingerprint density at radius 2 is 2.10 bits per heavy atom. The van der Waals surface area contributed by atoms with Crippen molar-refractivity contribution in [1.82, 2.24) is 0 Å². The summed E-state index contributed by atoms with van der Waals surface area (Å²) in [7, 11) is 0. The van der Waals surface area contributed by atoms with Crippen LogP contribution in [0, 0.1) is 0 Å². The Labute approximate surface area is 71.5 Å². The number of thioether (sulfide) groups is 1. The zero-order valence-corrected chi connectivity index (χ0v) is 7.59. The molecule has 0 aromatic rings. The van der Waals surface area contributed by atoms with Crippen LogP contribution in [0.15, 0.2) is 0 Å². The van der Waals surface area contributed by atoms with Gasteiger partial charge in [0.15, 0.2) is 0 Å². The van der Waals surface area contributed by atoms with Crippen LogP contribution in [0.3, 0.4) is 0 Å². The highest BCUT2D eigenvalue weighted by molar-refractivity contribution is 7.99. The number of hydrogen-bond donors (Lipinski definition) is 0. The minimum Gasteiger partial charge on any atom is -0.381 e. The van der Waals surface area contributed by atoms with E-state index in [9.17, 15) is 0 Å². The molecule has 0 radical (unpaired) electrons. The quantitative estimate of drug-likeness (QED) is 0.616. The topological polar surface area (TPSA) is 9.23 Å². The molecule has 0 unspecified atom stereocenters. The van der Waals surface area contributed by atoms with Gasteiger partial charge in [0, 0.05) is 30.1 Å². The molecule has 0 aromatic carbocycles. The average molecular weight is 181 g/mol. The summed E-state index contributed by atoms with van der Waals surface area (Å²) in [6.45, 7) is 1.89. The van der Waals surface area contributed by atoms with E-state index in [1.54, 1.807) is 0 Å². The second-order valence-electron chi connectivity index (χ2n) is 2.37. The van der Waals surface area contributed by atoms with Crippen molar-refractivity contribution < 1.29 is 4.74 Å². The largest absolute Gasteiger partial charge is 0.381 e. The maximum atomic E-state index is 5.57. The highest BCUT2D eigenvalue weighted by Crippen LogP contribution is 2.21. The predicted molar refractivity (Wildman–Crippen MR) is 47.0 cm³/mol. The number of rotatable bonds is 3. The summed E-state index contributed by atoms with van der Waals surface area (Å²) in [6.07, 6.45) is 2.42. The Hall–Kier alpha value is 0.600. The van der Waals surface area contributed by atoms with E-state index in [1.165, 1.54) is 12.8 Å². The zero-order chi connectivity index (χ0) is 7.23. The molecule has 60 valence electrons. The van der Waals surface area contributed by atoms with Crippen molar-refractivity contribution in [2.45, 2.75) is 18.1 Å². The molecule has 1 rings (SSSR count). The standard InChI is InChI=1S/C7H13ClOS/c8-3-6-10-7-1-4-9-5-2-7/h7H,1-6H2. The molecule has 0 atom stereocenters. The van der Waals surface area contributed by atoms with E-state index in [2.05, 4.69) is 0 Å². The summed E-state index contributed by atoms with van der Waals surface area (Å²) >= 11 is 7.55. The lowest BCUT2D eigenvalue weighted by molar-refractivity contribution is 0.100. The molecule has 0 N–H and O–H groups in total. The third-order valence-electron chi connectivity index (χ3n) is 1.60. The van der Waals surface area contributed by atoms with E-state index in [-0.39, 0.29) is 0 Å². The van der Waals surface area contributed by atoms with Crippen LogP contribution in [-0.4, -0.2) is 30.1 Å². The first-order valence-electron chi connectivity index (χ1n) is 3.69. The van der Waals surface area contributed by atoms with Crippen LogP contribution < -0.4 is 0 Å². The highest BCUT2D eigenvalue weighted by atomic mass is 35.5. The summed E-state index contributed by atoms with van der Waals surface area (Å²) in [5.41, 5.74) is 0. The van der Waals surface area contributed by atoms with Gasteiger partial charge in [-0.2, -0.15) is 11.8 Å². The summed E-state index contributed by atoms with van der Waals surface area (Å²) in [6, 6.07) is 0. The van der Waals surface area contributed by atoms with Gasteiger partial charge in [0.1, 0.15) is 0 Å². The lowest BCUT2D eigenvalue weighted by Gasteiger charge is -2.20. The van der Waals surface area contributed by atoms with Crippen molar-refractivity contribution in [1.29, 1.82) is 0 Å². The number of hydrogen-bond acceptors (Lipinski definition) is 2. The van der Waals surface area contributed by atoms with Gasteiger partial charge in [-0.1, -0.05) is 0 Å². The molecular weight excluding hydrogens is 168 g/mol. The van der Waals surface area contributed by atoms with Crippen LogP contribution in [0.1, 0.15) is 12.8 Å². The molecule has 10 heavy (non-hydrogen) atoms.